The fraction of sp³-hybridized carbons (Fsp3) is 0.348. The summed E-state index contributed by atoms with van der Waals surface area (Å²) in [6, 6.07) is 6.34. The number of hydrogen-bond donors (Lipinski definition) is 1. The Morgan fingerprint density at radius 1 is 1.06 bits per heavy atom. The first-order chi connectivity index (χ1) is 15.2. The van der Waals surface area contributed by atoms with Gasteiger partial charge in [-0.1, -0.05) is 18.2 Å². The second-order valence-corrected chi connectivity index (χ2v) is 7.58. The number of rotatable bonds is 7. The summed E-state index contributed by atoms with van der Waals surface area (Å²) in [5.41, 5.74) is 1.02. The molecule has 0 spiro atoms. The molecule has 0 aliphatic carbocycles. The van der Waals surface area contributed by atoms with E-state index in [0.717, 1.165) is 0 Å². The van der Waals surface area contributed by atoms with Gasteiger partial charge in [-0.3, -0.25) is 9.59 Å². The van der Waals surface area contributed by atoms with E-state index in [1.54, 1.807) is 58.9 Å². The Morgan fingerprint density at radius 3 is 2.34 bits per heavy atom. The number of carbonyl (C=O) groups excluding carboxylic acids is 3. The van der Waals surface area contributed by atoms with Crippen LogP contribution in [0.5, 0.6) is 0 Å². The van der Waals surface area contributed by atoms with Crippen LogP contribution in [0.4, 0.5) is 0 Å². The molecule has 0 bridgehead atoms. The predicted octanol–water partition coefficient (Wildman–Crippen LogP) is 3.14. The Hall–Kier alpha value is -3.75. The molecule has 0 saturated heterocycles. The number of ether oxygens (including phenoxy) is 2. The monoisotopic (exact) mass is 439 g/mol. The summed E-state index contributed by atoms with van der Waals surface area (Å²) >= 11 is 0. The minimum atomic E-state index is -0.824. The minimum absolute atomic E-state index is 0.0479. The van der Waals surface area contributed by atoms with Crippen molar-refractivity contribution < 1.29 is 23.9 Å². The normalized spacial score (nSPS) is 11.1. The van der Waals surface area contributed by atoms with Crippen molar-refractivity contribution in [2.24, 2.45) is 0 Å². The van der Waals surface area contributed by atoms with Crippen LogP contribution in [0.25, 0.3) is 10.8 Å². The van der Waals surface area contributed by atoms with Crippen LogP contribution in [0.15, 0.2) is 29.1 Å². The summed E-state index contributed by atoms with van der Waals surface area (Å²) in [5, 5.41) is 4.87. The number of aryl methyl sites for hydroxylation is 1. The molecular weight excluding hydrogens is 414 g/mol. The Morgan fingerprint density at radius 2 is 1.72 bits per heavy atom. The molecule has 2 aromatic heterocycles. The first-order valence-electron chi connectivity index (χ1n) is 10.3. The third-order valence-electron chi connectivity index (χ3n) is 5.04. The first-order valence-corrected chi connectivity index (χ1v) is 10.3. The fourth-order valence-electron chi connectivity index (χ4n) is 3.52. The molecule has 2 heterocycles. The Labute approximate surface area is 184 Å². The number of aromatic amines is 1. The smallest absolute Gasteiger partial charge is 0.359 e. The number of Topliss-reactive ketones (excluding diaryl/α,β-unsaturated/α-hetero) is 1. The van der Waals surface area contributed by atoms with Gasteiger partial charge in [0.25, 0.3) is 5.56 Å². The quantitative estimate of drug-likeness (QED) is 0.443. The zero-order chi connectivity index (χ0) is 23.6. The van der Waals surface area contributed by atoms with E-state index >= 15 is 0 Å². The number of H-pyrrole nitrogens is 1. The van der Waals surface area contributed by atoms with Crippen LogP contribution in [-0.2, 0) is 9.47 Å². The lowest BCUT2D eigenvalue weighted by atomic mass is 10.1. The molecule has 3 aromatic rings. The van der Waals surface area contributed by atoms with E-state index in [1.807, 2.05) is 0 Å². The van der Waals surface area contributed by atoms with Crippen molar-refractivity contribution in [1.29, 1.82) is 0 Å². The van der Waals surface area contributed by atoms with E-state index in [2.05, 4.69) is 10.1 Å². The third-order valence-corrected chi connectivity index (χ3v) is 5.04. The lowest BCUT2D eigenvalue weighted by Crippen LogP contribution is -2.28. The van der Waals surface area contributed by atoms with Gasteiger partial charge in [-0.15, -0.1) is 0 Å². The predicted molar refractivity (Wildman–Crippen MR) is 117 cm³/mol. The van der Waals surface area contributed by atoms with Crippen LogP contribution in [0.1, 0.15) is 69.4 Å². The zero-order valence-corrected chi connectivity index (χ0v) is 18.6. The molecule has 0 saturated carbocycles. The number of esters is 2. The summed E-state index contributed by atoms with van der Waals surface area (Å²) in [7, 11) is 0. The Balaban J connectivity index is 1.87. The highest BCUT2D eigenvalue weighted by Gasteiger charge is 2.25. The van der Waals surface area contributed by atoms with Crippen LogP contribution in [0.2, 0.25) is 0 Å². The van der Waals surface area contributed by atoms with Gasteiger partial charge >= 0.3 is 11.9 Å². The van der Waals surface area contributed by atoms with E-state index in [9.17, 15) is 19.2 Å². The molecule has 0 unspecified atom stereocenters. The second-order valence-electron chi connectivity index (χ2n) is 7.58. The maximum Gasteiger partial charge on any atom is 0.359 e. The minimum Gasteiger partial charge on any atom is -0.462 e. The molecular formula is C23H25N3O6. The van der Waals surface area contributed by atoms with E-state index in [1.165, 1.54) is 4.68 Å². The van der Waals surface area contributed by atoms with Gasteiger partial charge in [-0.2, -0.15) is 5.10 Å². The van der Waals surface area contributed by atoms with Crippen molar-refractivity contribution in [3.63, 3.8) is 0 Å². The van der Waals surface area contributed by atoms with Crippen molar-refractivity contribution in [1.82, 2.24) is 14.8 Å². The number of aromatic nitrogens is 3. The van der Waals surface area contributed by atoms with Crippen molar-refractivity contribution in [3.05, 3.63) is 62.8 Å². The number of ketones is 1. The van der Waals surface area contributed by atoms with Gasteiger partial charge in [0.05, 0.1) is 29.3 Å². The molecule has 32 heavy (non-hydrogen) atoms. The molecule has 0 aliphatic heterocycles. The number of nitrogens with zero attached hydrogens (tertiary/aromatic N) is 2. The van der Waals surface area contributed by atoms with Gasteiger partial charge in [0.15, 0.2) is 12.3 Å². The summed E-state index contributed by atoms with van der Waals surface area (Å²) < 4.78 is 11.5. The number of nitrogens with one attached hydrogen (secondary N) is 1. The van der Waals surface area contributed by atoms with Crippen molar-refractivity contribution in [2.45, 2.75) is 40.7 Å². The summed E-state index contributed by atoms with van der Waals surface area (Å²) in [6.07, 6.45) is 0. The Bertz CT molecular complexity index is 1270. The largest absolute Gasteiger partial charge is 0.462 e. The SMILES string of the molecule is CCOC(=O)c1c(C)[nH]c(C(=O)COC(=O)c2nn(C(C)C)c(=O)c3ccccc23)c1C. The molecule has 0 atom stereocenters. The highest BCUT2D eigenvalue weighted by Crippen LogP contribution is 2.20. The van der Waals surface area contributed by atoms with Crippen LogP contribution >= 0.6 is 0 Å². The molecule has 1 aromatic carbocycles. The summed E-state index contributed by atoms with van der Waals surface area (Å²) in [6.45, 7) is 8.19. The molecule has 0 radical (unpaired) electrons. The van der Waals surface area contributed by atoms with E-state index in [-0.39, 0.29) is 35.2 Å². The van der Waals surface area contributed by atoms with Crippen molar-refractivity contribution in [3.8, 4) is 0 Å². The summed E-state index contributed by atoms with van der Waals surface area (Å²) in [4.78, 5) is 53.1. The summed E-state index contributed by atoms with van der Waals surface area (Å²) in [5.74, 6) is -1.85. The molecule has 0 aliphatic rings. The number of benzene rings is 1. The van der Waals surface area contributed by atoms with Gasteiger partial charge < -0.3 is 14.5 Å². The van der Waals surface area contributed by atoms with E-state index < -0.39 is 24.3 Å². The number of carbonyl (C=O) groups is 3. The second kappa shape index (κ2) is 9.17. The lowest BCUT2D eigenvalue weighted by Gasteiger charge is -2.13. The maximum atomic E-state index is 12.8. The zero-order valence-electron chi connectivity index (χ0n) is 18.6. The van der Waals surface area contributed by atoms with Gasteiger partial charge in [-0.05, 0) is 46.2 Å². The van der Waals surface area contributed by atoms with Crippen LogP contribution < -0.4 is 5.56 Å². The van der Waals surface area contributed by atoms with Gasteiger partial charge in [0.1, 0.15) is 0 Å². The molecule has 0 amide bonds. The lowest BCUT2D eigenvalue weighted by molar-refractivity contribution is 0.0466. The molecule has 9 nitrogen and oxygen atoms in total. The highest BCUT2D eigenvalue weighted by atomic mass is 16.5. The molecule has 168 valence electrons. The topological polar surface area (TPSA) is 120 Å². The van der Waals surface area contributed by atoms with Gasteiger partial charge in [0, 0.05) is 11.1 Å². The standard InChI is InChI=1S/C23H25N3O6/c1-6-31-22(29)18-13(4)19(24-14(18)5)17(27)11-32-23(30)20-15-9-7-8-10-16(15)21(28)26(25-20)12(2)3/h7-10,12,24H,6,11H2,1-5H3. The first kappa shape index (κ1) is 22.9. The van der Waals surface area contributed by atoms with Crippen LogP contribution in [0.3, 0.4) is 0 Å². The molecule has 1 N–H and O–H groups in total. The van der Waals surface area contributed by atoms with Crippen molar-refractivity contribution in [2.75, 3.05) is 13.2 Å². The third kappa shape index (κ3) is 4.18. The van der Waals surface area contributed by atoms with Crippen LogP contribution in [0, 0.1) is 13.8 Å². The molecule has 3 rings (SSSR count). The van der Waals surface area contributed by atoms with Gasteiger partial charge in [0.2, 0.25) is 5.78 Å². The van der Waals surface area contributed by atoms with Crippen LogP contribution in [-0.4, -0.2) is 45.7 Å². The molecule has 9 heteroatoms. The average molecular weight is 439 g/mol. The highest BCUT2D eigenvalue weighted by molar-refractivity contribution is 6.05. The van der Waals surface area contributed by atoms with E-state index in [0.29, 0.717) is 22.0 Å². The van der Waals surface area contributed by atoms with E-state index in [4.69, 9.17) is 9.47 Å². The van der Waals surface area contributed by atoms with Gasteiger partial charge in [-0.25, -0.2) is 14.3 Å². The number of fused-ring (bicyclic) bond motifs is 1. The fourth-order valence-corrected chi connectivity index (χ4v) is 3.52. The van der Waals surface area contributed by atoms with Crippen molar-refractivity contribution >= 4 is 28.5 Å². The maximum absolute atomic E-state index is 12.8. The average Bonchev–Trinajstić information content (AvgIpc) is 3.06. The number of hydrogen-bond acceptors (Lipinski definition) is 7. The Kier molecular flexibility index (Phi) is 6.57. The molecule has 0 fully saturated rings.